The zero-order chi connectivity index (χ0) is 13.8. The van der Waals surface area contributed by atoms with Gasteiger partial charge < -0.3 is 5.73 Å². The molecule has 1 aliphatic carbocycles. The molecule has 0 saturated heterocycles. The van der Waals surface area contributed by atoms with Gasteiger partial charge in [-0.05, 0) is 61.5 Å². The minimum Gasteiger partial charge on any atom is -0.327 e. The molecule has 2 rings (SSSR count). The molecule has 1 fully saturated rings. The molecular formula is C17H26ClN. The van der Waals surface area contributed by atoms with Crippen molar-refractivity contribution < 1.29 is 0 Å². The lowest BCUT2D eigenvalue weighted by Crippen LogP contribution is -2.35. The van der Waals surface area contributed by atoms with Gasteiger partial charge in [0.2, 0.25) is 0 Å². The summed E-state index contributed by atoms with van der Waals surface area (Å²) < 4.78 is 0. The summed E-state index contributed by atoms with van der Waals surface area (Å²) in [6, 6.07) is 8.34. The van der Waals surface area contributed by atoms with Gasteiger partial charge in [0.05, 0.1) is 0 Å². The quantitative estimate of drug-likeness (QED) is 0.851. The average Bonchev–Trinajstić information content (AvgIpc) is 2.41. The third-order valence-electron chi connectivity index (χ3n) is 4.78. The van der Waals surface area contributed by atoms with Gasteiger partial charge in [-0.1, -0.05) is 43.6 Å². The largest absolute Gasteiger partial charge is 0.327 e. The number of halogens is 1. The van der Waals surface area contributed by atoms with E-state index in [-0.39, 0.29) is 6.04 Å². The Morgan fingerprint density at radius 3 is 2.26 bits per heavy atom. The minimum atomic E-state index is 0.257. The fraction of sp³-hybridized carbons (Fsp3) is 0.647. The standard InChI is InChI=1S/C17H26ClN/c1-12(2)13-7-9-14(10-8-13)17(19)11-15-5-3-4-6-16(15)18/h3-6,12-14,17H,7-11,19H2,1-2H3. The van der Waals surface area contributed by atoms with Crippen LogP contribution in [-0.2, 0) is 6.42 Å². The number of rotatable bonds is 4. The predicted molar refractivity (Wildman–Crippen MR) is 83.4 cm³/mol. The Hall–Kier alpha value is -0.530. The van der Waals surface area contributed by atoms with E-state index in [0.717, 1.165) is 23.3 Å². The van der Waals surface area contributed by atoms with Crippen molar-refractivity contribution in [3.63, 3.8) is 0 Å². The molecule has 1 saturated carbocycles. The minimum absolute atomic E-state index is 0.257. The van der Waals surface area contributed by atoms with Gasteiger partial charge in [0.25, 0.3) is 0 Å². The summed E-state index contributed by atoms with van der Waals surface area (Å²) in [6.45, 7) is 4.68. The Bertz CT molecular complexity index is 394. The second kappa shape index (κ2) is 6.76. The van der Waals surface area contributed by atoms with Gasteiger partial charge >= 0.3 is 0 Å². The Kier molecular flexibility index (Phi) is 5.29. The van der Waals surface area contributed by atoms with Crippen LogP contribution in [0.5, 0.6) is 0 Å². The van der Waals surface area contributed by atoms with Gasteiger partial charge in [0, 0.05) is 11.1 Å². The number of hydrogen-bond donors (Lipinski definition) is 1. The highest BCUT2D eigenvalue weighted by molar-refractivity contribution is 6.31. The first-order valence-electron chi connectivity index (χ1n) is 7.57. The summed E-state index contributed by atoms with van der Waals surface area (Å²) in [6.07, 6.45) is 6.18. The van der Waals surface area contributed by atoms with Crippen LogP contribution in [0.25, 0.3) is 0 Å². The molecule has 0 heterocycles. The van der Waals surface area contributed by atoms with E-state index in [1.807, 2.05) is 18.2 Å². The van der Waals surface area contributed by atoms with E-state index >= 15 is 0 Å². The van der Waals surface area contributed by atoms with Crippen LogP contribution < -0.4 is 5.73 Å². The molecule has 2 heteroatoms. The normalized spacial score (nSPS) is 25.5. The lowest BCUT2D eigenvalue weighted by molar-refractivity contribution is 0.202. The van der Waals surface area contributed by atoms with E-state index in [4.69, 9.17) is 17.3 Å². The second-order valence-electron chi connectivity index (χ2n) is 6.38. The van der Waals surface area contributed by atoms with Crippen molar-refractivity contribution in [1.29, 1.82) is 0 Å². The van der Waals surface area contributed by atoms with Crippen LogP contribution in [0.15, 0.2) is 24.3 Å². The van der Waals surface area contributed by atoms with Crippen LogP contribution in [0, 0.1) is 17.8 Å². The van der Waals surface area contributed by atoms with E-state index in [1.54, 1.807) is 0 Å². The molecule has 106 valence electrons. The molecule has 0 bridgehead atoms. The van der Waals surface area contributed by atoms with Crippen molar-refractivity contribution >= 4 is 11.6 Å². The zero-order valence-electron chi connectivity index (χ0n) is 12.1. The van der Waals surface area contributed by atoms with Gasteiger partial charge in [-0.2, -0.15) is 0 Å². The van der Waals surface area contributed by atoms with Crippen molar-refractivity contribution in [3.8, 4) is 0 Å². The van der Waals surface area contributed by atoms with Crippen molar-refractivity contribution in [3.05, 3.63) is 34.9 Å². The van der Waals surface area contributed by atoms with Crippen molar-refractivity contribution in [2.75, 3.05) is 0 Å². The maximum Gasteiger partial charge on any atom is 0.0438 e. The molecule has 1 aromatic carbocycles. The molecule has 0 spiro atoms. The molecule has 1 aromatic rings. The Balaban J connectivity index is 1.88. The van der Waals surface area contributed by atoms with Gasteiger partial charge in [-0.3, -0.25) is 0 Å². The zero-order valence-corrected chi connectivity index (χ0v) is 12.9. The van der Waals surface area contributed by atoms with Gasteiger partial charge in [-0.25, -0.2) is 0 Å². The third-order valence-corrected chi connectivity index (χ3v) is 5.15. The molecular weight excluding hydrogens is 254 g/mol. The molecule has 0 aromatic heterocycles. The van der Waals surface area contributed by atoms with Gasteiger partial charge in [-0.15, -0.1) is 0 Å². The molecule has 1 atom stereocenters. The Morgan fingerprint density at radius 1 is 1.11 bits per heavy atom. The first-order valence-corrected chi connectivity index (χ1v) is 7.94. The Morgan fingerprint density at radius 2 is 1.68 bits per heavy atom. The predicted octanol–water partition coefficient (Wildman–Crippen LogP) is 4.67. The molecule has 1 unspecified atom stereocenters. The molecule has 1 nitrogen and oxygen atoms in total. The van der Waals surface area contributed by atoms with E-state index in [2.05, 4.69) is 19.9 Å². The number of nitrogens with two attached hydrogens (primary N) is 1. The SMILES string of the molecule is CC(C)C1CCC(C(N)Cc2ccccc2Cl)CC1. The van der Waals surface area contributed by atoms with Crippen molar-refractivity contribution in [2.24, 2.45) is 23.5 Å². The summed E-state index contributed by atoms with van der Waals surface area (Å²) in [4.78, 5) is 0. The molecule has 19 heavy (non-hydrogen) atoms. The first kappa shape index (κ1) is 14.9. The van der Waals surface area contributed by atoms with E-state index < -0.39 is 0 Å². The maximum absolute atomic E-state index is 6.41. The monoisotopic (exact) mass is 279 g/mol. The average molecular weight is 280 g/mol. The second-order valence-corrected chi connectivity index (χ2v) is 6.79. The lowest BCUT2D eigenvalue weighted by Gasteiger charge is -2.34. The van der Waals surface area contributed by atoms with Crippen LogP contribution in [0.3, 0.4) is 0 Å². The summed E-state index contributed by atoms with van der Waals surface area (Å²) in [5, 5.41) is 0.855. The third kappa shape index (κ3) is 3.97. The van der Waals surface area contributed by atoms with Gasteiger partial charge in [0.15, 0.2) is 0 Å². The van der Waals surface area contributed by atoms with E-state index in [9.17, 15) is 0 Å². The number of hydrogen-bond acceptors (Lipinski definition) is 1. The fourth-order valence-corrected chi connectivity index (χ4v) is 3.54. The highest BCUT2D eigenvalue weighted by Gasteiger charge is 2.27. The maximum atomic E-state index is 6.41. The summed E-state index contributed by atoms with van der Waals surface area (Å²) in [7, 11) is 0. The summed E-state index contributed by atoms with van der Waals surface area (Å²) in [5.41, 5.74) is 7.61. The Labute approximate surface area is 122 Å². The van der Waals surface area contributed by atoms with Gasteiger partial charge in [0.1, 0.15) is 0 Å². The molecule has 0 aliphatic heterocycles. The van der Waals surface area contributed by atoms with Crippen LogP contribution in [-0.4, -0.2) is 6.04 Å². The van der Waals surface area contributed by atoms with Crippen LogP contribution in [0.1, 0.15) is 45.1 Å². The number of benzene rings is 1. The van der Waals surface area contributed by atoms with Crippen LogP contribution in [0.4, 0.5) is 0 Å². The van der Waals surface area contributed by atoms with E-state index in [0.29, 0.717) is 5.92 Å². The molecule has 2 N–H and O–H groups in total. The smallest absolute Gasteiger partial charge is 0.0438 e. The topological polar surface area (TPSA) is 26.0 Å². The molecule has 0 amide bonds. The lowest BCUT2D eigenvalue weighted by atomic mass is 9.74. The highest BCUT2D eigenvalue weighted by Crippen LogP contribution is 2.35. The summed E-state index contributed by atoms with van der Waals surface area (Å²) >= 11 is 6.22. The van der Waals surface area contributed by atoms with Crippen LogP contribution >= 0.6 is 11.6 Å². The van der Waals surface area contributed by atoms with Crippen LogP contribution in [0.2, 0.25) is 5.02 Å². The van der Waals surface area contributed by atoms with Crippen molar-refractivity contribution in [2.45, 2.75) is 52.0 Å². The fourth-order valence-electron chi connectivity index (χ4n) is 3.32. The van der Waals surface area contributed by atoms with Crippen molar-refractivity contribution in [1.82, 2.24) is 0 Å². The first-order chi connectivity index (χ1) is 9.08. The van der Waals surface area contributed by atoms with E-state index in [1.165, 1.54) is 31.2 Å². The summed E-state index contributed by atoms with van der Waals surface area (Å²) in [5.74, 6) is 2.40. The molecule has 1 aliphatic rings. The highest BCUT2D eigenvalue weighted by atomic mass is 35.5. The molecule has 0 radical (unpaired) electrons.